The number of aromatic nitrogens is 2. The molecule has 25 heavy (non-hydrogen) atoms. The van der Waals surface area contributed by atoms with E-state index >= 15 is 0 Å². The second kappa shape index (κ2) is 6.59. The van der Waals surface area contributed by atoms with Crippen molar-refractivity contribution in [1.82, 2.24) is 15.1 Å². The highest BCUT2D eigenvalue weighted by Gasteiger charge is 2.47. The third kappa shape index (κ3) is 3.18. The number of aryl methyl sites for hydroxylation is 1. The van der Waals surface area contributed by atoms with E-state index in [4.69, 9.17) is 9.15 Å². The van der Waals surface area contributed by atoms with Crippen LogP contribution >= 0.6 is 0 Å². The molecule has 2 aromatic rings. The Morgan fingerprint density at radius 2 is 2.08 bits per heavy atom. The lowest BCUT2D eigenvalue weighted by Gasteiger charge is -2.45. The summed E-state index contributed by atoms with van der Waals surface area (Å²) in [4.78, 5) is 15.2. The van der Waals surface area contributed by atoms with Crippen LogP contribution < -0.4 is 0 Å². The minimum atomic E-state index is -0.326. The summed E-state index contributed by atoms with van der Waals surface area (Å²) in [5, 5.41) is 7.91. The topological polar surface area (TPSA) is 68.5 Å². The Kier molecular flexibility index (Phi) is 4.29. The van der Waals surface area contributed by atoms with Crippen LogP contribution in [0.2, 0.25) is 0 Å². The van der Waals surface area contributed by atoms with Crippen LogP contribution in [0.15, 0.2) is 34.7 Å². The summed E-state index contributed by atoms with van der Waals surface area (Å²) in [7, 11) is 0. The van der Waals surface area contributed by atoms with Gasteiger partial charge in [0.2, 0.25) is 17.7 Å². The van der Waals surface area contributed by atoms with Gasteiger partial charge in [-0.25, -0.2) is 0 Å². The van der Waals surface area contributed by atoms with Crippen molar-refractivity contribution in [3.63, 3.8) is 0 Å². The molecule has 1 aliphatic carbocycles. The van der Waals surface area contributed by atoms with Crippen molar-refractivity contribution in [1.29, 1.82) is 0 Å². The largest absolute Gasteiger partial charge is 0.423 e. The molecule has 0 N–H and O–H groups in total. The molecule has 1 amide bonds. The molecule has 2 aliphatic rings. The second-order valence-corrected chi connectivity index (χ2v) is 7.07. The summed E-state index contributed by atoms with van der Waals surface area (Å²) in [6.45, 7) is 3.36. The molecule has 0 bridgehead atoms. The van der Waals surface area contributed by atoms with Crippen LogP contribution in [-0.4, -0.2) is 40.7 Å². The van der Waals surface area contributed by atoms with Gasteiger partial charge < -0.3 is 14.1 Å². The molecular formula is C19H23N3O3. The molecule has 1 saturated heterocycles. The summed E-state index contributed by atoms with van der Waals surface area (Å²) < 4.78 is 11.2. The van der Waals surface area contributed by atoms with Gasteiger partial charge in [0.05, 0.1) is 18.6 Å². The molecule has 0 spiro atoms. The minimum absolute atomic E-state index is 0.243. The normalized spacial score (nSPS) is 22.4. The molecule has 1 saturated carbocycles. The Hall–Kier alpha value is -2.21. The highest BCUT2D eigenvalue weighted by molar-refractivity contribution is 5.84. The summed E-state index contributed by atoms with van der Waals surface area (Å²) in [6, 6.07) is 10.3. The fourth-order valence-electron chi connectivity index (χ4n) is 3.82. The van der Waals surface area contributed by atoms with Gasteiger partial charge in [0, 0.05) is 13.5 Å². The smallest absolute Gasteiger partial charge is 0.246 e. The number of amides is 1. The second-order valence-electron chi connectivity index (χ2n) is 7.07. The Morgan fingerprint density at radius 3 is 2.72 bits per heavy atom. The van der Waals surface area contributed by atoms with E-state index in [-0.39, 0.29) is 17.4 Å². The van der Waals surface area contributed by atoms with Crippen LogP contribution in [0.1, 0.15) is 42.7 Å². The first-order valence-corrected chi connectivity index (χ1v) is 8.91. The minimum Gasteiger partial charge on any atom is -0.423 e. The maximum absolute atomic E-state index is 13.3. The molecule has 132 valence electrons. The van der Waals surface area contributed by atoms with E-state index in [2.05, 4.69) is 22.3 Å². The molecule has 0 radical (unpaired) electrons. The molecule has 4 rings (SSSR count). The first-order valence-electron chi connectivity index (χ1n) is 8.91. The average Bonchev–Trinajstić information content (AvgIpc) is 3.05. The van der Waals surface area contributed by atoms with E-state index in [0.29, 0.717) is 31.5 Å². The number of rotatable bonds is 4. The number of benzene rings is 1. The number of carbonyl (C=O) groups is 1. The van der Waals surface area contributed by atoms with Crippen molar-refractivity contribution in [3.8, 4) is 0 Å². The summed E-state index contributed by atoms with van der Waals surface area (Å²) in [5.74, 6) is 1.22. The molecule has 2 heterocycles. The standard InChI is InChI=1S/C19H23N3O3/c1-14-20-21-17(25-14)16-13-22(10-11-24-16)18(23)19(8-5-9-19)12-15-6-3-2-4-7-15/h2-4,6-7,16H,5,8-13H2,1H3. The molecule has 1 aliphatic heterocycles. The Balaban J connectivity index is 1.49. The Labute approximate surface area is 147 Å². The van der Waals surface area contributed by atoms with Crippen molar-refractivity contribution < 1.29 is 13.9 Å². The predicted octanol–water partition coefficient (Wildman–Crippen LogP) is 2.69. The maximum Gasteiger partial charge on any atom is 0.246 e. The molecule has 1 aromatic carbocycles. The molecule has 1 atom stereocenters. The van der Waals surface area contributed by atoms with Crippen LogP contribution in [0.5, 0.6) is 0 Å². The number of hydrogen-bond donors (Lipinski definition) is 0. The molecular weight excluding hydrogens is 318 g/mol. The lowest BCUT2D eigenvalue weighted by atomic mass is 9.64. The van der Waals surface area contributed by atoms with E-state index in [1.165, 1.54) is 5.56 Å². The summed E-state index contributed by atoms with van der Waals surface area (Å²) in [6.07, 6.45) is 3.53. The van der Waals surface area contributed by atoms with Gasteiger partial charge in [0.25, 0.3) is 0 Å². The van der Waals surface area contributed by atoms with Crippen molar-refractivity contribution in [2.45, 2.75) is 38.7 Å². The highest BCUT2D eigenvalue weighted by atomic mass is 16.5. The third-order valence-corrected chi connectivity index (χ3v) is 5.32. The molecule has 6 heteroatoms. The van der Waals surface area contributed by atoms with Gasteiger partial charge in [0.1, 0.15) is 0 Å². The lowest BCUT2D eigenvalue weighted by Crippen LogP contribution is -2.53. The van der Waals surface area contributed by atoms with Crippen LogP contribution in [0, 0.1) is 12.3 Å². The molecule has 1 unspecified atom stereocenters. The summed E-state index contributed by atoms with van der Waals surface area (Å²) in [5.41, 5.74) is 0.974. The average molecular weight is 341 g/mol. The van der Waals surface area contributed by atoms with Gasteiger partial charge >= 0.3 is 0 Å². The van der Waals surface area contributed by atoms with E-state index in [0.717, 1.165) is 25.7 Å². The van der Waals surface area contributed by atoms with Crippen LogP contribution in [0.3, 0.4) is 0 Å². The van der Waals surface area contributed by atoms with Gasteiger partial charge in [-0.1, -0.05) is 36.8 Å². The fourth-order valence-corrected chi connectivity index (χ4v) is 3.82. The molecule has 1 aromatic heterocycles. The fraction of sp³-hybridized carbons (Fsp3) is 0.526. The van der Waals surface area contributed by atoms with Gasteiger partial charge in [-0.3, -0.25) is 4.79 Å². The lowest BCUT2D eigenvalue weighted by molar-refractivity contribution is -0.156. The SMILES string of the molecule is Cc1nnc(C2CN(C(=O)C3(Cc4ccccc4)CCC3)CCO2)o1. The Morgan fingerprint density at radius 1 is 1.28 bits per heavy atom. The quantitative estimate of drug-likeness (QED) is 0.855. The van der Waals surface area contributed by atoms with Crippen molar-refractivity contribution in [2.24, 2.45) is 5.41 Å². The summed E-state index contributed by atoms with van der Waals surface area (Å²) >= 11 is 0. The van der Waals surface area contributed by atoms with E-state index < -0.39 is 0 Å². The van der Waals surface area contributed by atoms with E-state index in [9.17, 15) is 4.79 Å². The number of hydrogen-bond acceptors (Lipinski definition) is 5. The van der Waals surface area contributed by atoms with Gasteiger partial charge in [-0.05, 0) is 24.8 Å². The van der Waals surface area contributed by atoms with E-state index in [1.807, 2.05) is 23.1 Å². The van der Waals surface area contributed by atoms with Crippen LogP contribution in [0.25, 0.3) is 0 Å². The number of carbonyl (C=O) groups excluding carboxylic acids is 1. The van der Waals surface area contributed by atoms with Crippen LogP contribution in [-0.2, 0) is 16.0 Å². The monoisotopic (exact) mass is 341 g/mol. The highest BCUT2D eigenvalue weighted by Crippen LogP contribution is 2.45. The number of morpholine rings is 1. The first-order chi connectivity index (χ1) is 12.2. The zero-order valence-electron chi connectivity index (χ0n) is 14.5. The number of ether oxygens (including phenoxy) is 1. The number of nitrogens with zero attached hydrogens (tertiary/aromatic N) is 3. The third-order valence-electron chi connectivity index (χ3n) is 5.32. The molecule has 2 fully saturated rings. The van der Waals surface area contributed by atoms with Gasteiger partial charge in [-0.15, -0.1) is 10.2 Å². The van der Waals surface area contributed by atoms with E-state index in [1.54, 1.807) is 6.92 Å². The van der Waals surface area contributed by atoms with Crippen molar-refractivity contribution in [3.05, 3.63) is 47.7 Å². The zero-order valence-corrected chi connectivity index (χ0v) is 14.5. The van der Waals surface area contributed by atoms with Crippen molar-refractivity contribution in [2.75, 3.05) is 19.7 Å². The van der Waals surface area contributed by atoms with Gasteiger partial charge in [0.15, 0.2) is 6.10 Å². The maximum atomic E-state index is 13.3. The first kappa shape index (κ1) is 16.3. The van der Waals surface area contributed by atoms with Crippen molar-refractivity contribution >= 4 is 5.91 Å². The van der Waals surface area contributed by atoms with Gasteiger partial charge in [-0.2, -0.15) is 0 Å². The van der Waals surface area contributed by atoms with Crippen LogP contribution in [0.4, 0.5) is 0 Å². The molecule has 6 nitrogen and oxygen atoms in total. The Bertz CT molecular complexity index is 739. The predicted molar refractivity (Wildman–Crippen MR) is 90.7 cm³/mol. The zero-order chi connectivity index (χ0) is 17.3.